The van der Waals surface area contributed by atoms with Crippen molar-refractivity contribution in [2.75, 3.05) is 18.9 Å². The Bertz CT molecular complexity index is 1200. The van der Waals surface area contributed by atoms with Crippen LogP contribution in [0.1, 0.15) is 10.4 Å². The highest BCUT2D eigenvalue weighted by molar-refractivity contribution is 7.92. The highest BCUT2D eigenvalue weighted by Crippen LogP contribution is 2.36. The Balaban J connectivity index is 2.07. The molecule has 0 unspecified atom stereocenters. The molecule has 0 fully saturated rings. The minimum Gasteiger partial charge on any atom is -0.505 e. The van der Waals surface area contributed by atoms with E-state index < -0.39 is 26.6 Å². The Kier molecular flexibility index (Phi) is 6.19. The van der Waals surface area contributed by atoms with Crippen molar-refractivity contribution >= 4 is 33.2 Å². The highest BCUT2D eigenvalue weighted by Gasteiger charge is 2.25. The number of hydrogen-bond acceptors (Lipinski definition) is 5. The zero-order valence-electron chi connectivity index (χ0n) is 16.1. The summed E-state index contributed by atoms with van der Waals surface area (Å²) < 4.78 is 33.8. The molecule has 3 aromatic carbocycles. The van der Waals surface area contributed by atoms with Gasteiger partial charge in [0, 0.05) is 12.6 Å². The largest absolute Gasteiger partial charge is 0.505 e. The molecule has 156 valence electrons. The molecule has 3 aromatic rings. The maximum Gasteiger partial charge on any atom is 0.265 e. The summed E-state index contributed by atoms with van der Waals surface area (Å²) >= 11 is 5.95. The van der Waals surface area contributed by atoms with Crippen molar-refractivity contribution in [3.05, 3.63) is 71.2 Å². The van der Waals surface area contributed by atoms with Crippen LogP contribution in [0.4, 0.5) is 5.69 Å². The van der Waals surface area contributed by atoms with Crippen LogP contribution in [0.2, 0.25) is 5.02 Å². The second kappa shape index (κ2) is 8.64. The van der Waals surface area contributed by atoms with Gasteiger partial charge in [0.25, 0.3) is 15.9 Å². The van der Waals surface area contributed by atoms with Crippen LogP contribution in [-0.4, -0.2) is 33.6 Å². The van der Waals surface area contributed by atoms with Gasteiger partial charge in [-0.3, -0.25) is 9.52 Å². The third kappa shape index (κ3) is 4.34. The van der Waals surface area contributed by atoms with Crippen molar-refractivity contribution in [1.29, 1.82) is 0 Å². The molecular formula is C21H19ClN2O5S. The summed E-state index contributed by atoms with van der Waals surface area (Å²) in [5.41, 5.74) is 1.80. The zero-order chi connectivity index (χ0) is 21.9. The summed E-state index contributed by atoms with van der Waals surface area (Å²) in [5, 5.41) is 12.4. The van der Waals surface area contributed by atoms with Gasteiger partial charge in [0.2, 0.25) is 0 Å². The smallest absolute Gasteiger partial charge is 0.265 e. The fourth-order valence-corrected chi connectivity index (χ4v) is 4.33. The van der Waals surface area contributed by atoms with Crippen molar-refractivity contribution in [2.24, 2.45) is 0 Å². The van der Waals surface area contributed by atoms with E-state index in [9.17, 15) is 18.3 Å². The number of amides is 1. The molecule has 0 aliphatic heterocycles. The van der Waals surface area contributed by atoms with Crippen LogP contribution in [0.5, 0.6) is 11.5 Å². The second-order valence-electron chi connectivity index (χ2n) is 6.27. The predicted molar refractivity (Wildman–Crippen MR) is 116 cm³/mol. The number of ether oxygens (including phenoxy) is 1. The number of nitrogens with one attached hydrogen (secondary N) is 2. The van der Waals surface area contributed by atoms with Gasteiger partial charge in [-0.2, -0.15) is 0 Å². The number of phenols is 1. The Morgan fingerprint density at radius 2 is 1.73 bits per heavy atom. The van der Waals surface area contributed by atoms with Gasteiger partial charge in [0.1, 0.15) is 10.6 Å². The van der Waals surface area contributed by atoms with E-state index in [1.165, 1.54) is 20.2 Å². The molecule has 0 radical (unpaired) electrons. The maximum atomic E-state index is 13.0. The molecule has 0 saturated carbocycles. The number of halogens is 1. The van der Waals surface area contributed by atoms with E-state index in [2.05, 4.69) is 10.0 Å². The molecule has 30 heavy (non-hydrogen) atoms. The Morgan fingerprint density at radius 3 is 2.37 bits per heavy atom. The molecule has 0 aliphatic rings. The molecular weight excluding hydrogens is 428 g/mol. The van der Waals surface area contributed by atoms with Gasteiger partial charge in [-0.1, -0.05) is 48.0 Å². The molecule has 0 saturated heterocycles. The number of sulfonamides is 1. The number of aromatic hydroxyl groups is 1. The molecule has 3 N–H and O–H groups in total. The zero-order valence-corrected chi connectivity index (χ0v) is 17.7. The lowest BCUT2D eigenvalue weighted by molar-refractivity contribution is 0.0963. The normalized spacial score (nSPS) is 11.0. The molecule has 9 heteroatoms. The number of hydrogen-bond donors (Lipinski definition) is 3. The molecule has 0 atom stereocenters. The summed E-state index contributed by atoms with van der Waals surface area (Å²) in [6.07, 6.45) is 0. The van der Waals surface area contributed by atoms with Crippen LogP contribution in [-0.2, 0) is 10.0 Å². The van der Waals surface area contributed by atoms with Crippen LogP contribution < -0.4 is 14.8 Å². The van der Waals surface area contributed by atoms with Crippen LogP contribution in [0, 0.1) is 0 Å². The summed E-state index contributed by atoms with van der Waals surface area (Å²) in [5.74, 6) is -0.918. The first-order chi connectivity index (χ1) is 14.3. The lowest BCUT2D eigenvalue weighted by Gasteiger charge is -2.15. The minimum absolute atomic E-state index is 0.00863. The fraction of sp³-hybridized carbons (Fsp3) is 0.0952. The van der Waals surface area contributed by atoms with Crippen molar-refractivity contribution in [3.63, 3.8) is 0 Å². The first-order valence-corrected chi connectivity index (χ1v) is 10.6. The monoisotopic (exact) mass is 446 g/mol. The van der Waals surface area contributed by atoms with Crippen LogP contribution in [0.15, 0.2) is 65.6 Å². The number of methoxy groups -OCH3 is 1. The van der Waals surface area contributed by atoms with Gasteiger partial charge in [-0.25, -0.2) is 8.42 Å². The van der Waals surface area contributed by atoms with Crippen LogP contribution in [0.3, 0.4) is 0 Å². The molecule has 3 rings (SSSR count). The highest BCUT2D eigenvalue weighted by atomic mass is 35.5. The van der Waals surface area contributed by atoms with Gasteiger partial charge in [0.05, 0.1) is 17.8 Å². The molecule has 0 aromatic heterocycles. The van der Waals surface area contributed by atoms with E-state index in [0.717, 1.165) is 17.2 Å². The second-order valence-corrected chi connectivity index (χ2v) is 8.33. The number of carbonyl (C=O) groups is 1. The van der Waals surface area contributed by atoms with E-state index in [1.54, 1.807) is 18.2 Å². The summed E-state index contributed by atoms with van der Waals surface area (Å²) in [6, 6.07) is 16.7. The fourth-order valence-electron chi connectivity index (χ4n) is 2.85. The molecule has 0 aliphatic carbocycles. The van der Waals surface area contributed by atoms with E-state index >= 15 is 0 Å². The van der Waals surface area contributed by atoms with Gasteiger partial charge >= 0.3 is 0 Å². The van der Waals surface area contributed by atoms with Gasteiger partial charge < -0.3 is 15.2 Å². The Labute approximate surface area is 179 Å². The molecule has 0 bridgehead atoms. The number of phenolic OH excluding ortho intramolecular Hbond substituents is 1. The first-order valence-electron chi connectivity index (χ1n) is 8.77. The third-order valence-corrected chi connectivity index (χ3v) is 6.03. The topological polar surface area (TPSA) is 105 Å². The lowest BCUT2D eigenvalue weighted by Crippen LogP contribution is -2.19. The quantitative estimate of drug-likeness (QED) is 0.533. The molecule has 0 spiro atoms. The van der Waals surface area contributed by atoms with Crippen LogP contribution in [0.25, 0.3) is 11.1 Å². The predicted octanol–water partition coefficient (Wildman–Crippen LogP) is 3.88. The van der Waals surface area contributed by atoms with E-state index in [0.29, 0.717) is 0 Å². The van der Waals surface area contributed by atoms with Gasteiger partial charge in [-0.05, 0) is 35.4 Å². The Morgan fingerprint density at radius 1 is 1.03 bits per heavy atom. The summed E-state index contributed by atoms with van der Waals surface area (Å²) in [6.45, 7) is 0. The van der Waals surface area contributed by atoms with E-state index in [4.69, 9.17) is 16.3 Å². The van der Waals surface area contributed by atoms with Crippen molar-refractivity contribution < 1.29 is 23.1 Å². The number of carbonyl (C=O) groups excluding carboxylic acids is 1. The van der Waals surface area contributed by atoms with Gasteiger partial charge in [0.15, 0.2) is 5.75 Å². The minimum atomic E-state index is -4.31. The van der Waals surface area contributed by atoms with Crippen LogP contribution >= 0.6 is 11.6 Å². The molecule has 0 heterocycles. The molecule has 7 nitrogen and oxygen atoms in total. The standard InChI is InChI=1S/C21H19ClN2O5S/c1-23-21(26)15-10-16(22)20(25)19(12-15)30(27,28)24-17-11-14(8-9-18(17)29-2)13-6-4-3-5-7-13/h3-12,24-25H,1-2H3,(H,23,26). The maximum absolute atomic E-state index is 13.0. The average molecular weight is 447 g/mol. The SMILES string of the molecule is CNC(=O)c1cc(Cl)c(O)c(S(=O)(=O)Nc2cc(-c3ccccc3)ccc2OC)c1. The van der Waals surface area contributed by atoms with Crippen molar-refractivity contribution in [3.8, 4) is 22.6 Å². The van der Waals surface area contributed by atoms with E-state index in [1.807, 2.05) is 30.3 Å². The number of anilines is 1. The first kappa shape index (κ1) is 21.5. The number of benzene rings is 3. The molecule has 1 amide bonds. The van der Waals surface area contributed by atoms with Crippen molar-refractivity contribution in [2.45, 2.75) is 4.90 Å². The van der Waals surface area contributed by atoms with E-state index in [-0.39, 0.29) is 22.0 Å². The average Bonchev–Trinajstić information content (AvgIpc) is 2.75. The summed E-state index contributed by atoms with van der Waals surface area (Å²) in [7, 11) is -1.50. The van der Waals surface area contributed by atoms with Gasteiger partial charge in [-0.15, -0.1) is 0 Å². The third-order valence-electron chi connectivity index (χ3n) is 4.36. The number of rotatable bonds is 6. The summed E-state index contributed by atoms with van der Waals surface area (Å²) in [4.78, 5) is 11.4. The van der Waals surface area contributed by atoms with Crippen molar-refractivity contribution in [1.82, 2.24) is 5.32 Å². The lowest BCUT2D eigenvalue weighted by atomic mass is 10.1. The Hall–Kier alpha value is -3.23.